The third kappa shape index (κ3) is 5.00. The first-order valence-electron chi connectivity index (χ1n) is 6.26. The van der Waals surface area contributed by atoms with Crippen LogP contribution >= 0.6 is 15.9 Å². The molecule has 0 spiro atoms. The van der Waals surface area contributed by atoms with Crippen LogP contribution in [0.25, 0.3) is 0 Å². The number of amides is 1. The number of ether oxygens (including phenoxy) is 1. The smallest absolute Gasteiger partial charge is 0.277 e. The molecule has 0 bridgehead atoms. The van der Waals surface area contributed by atoms with Gasteiger partial charge in [-0.2, -0.15) is 5.10 Å². The molecular weight excluding hydrogens is 334 g/mol. The van der Waals surface area contributed by atoms with Crippen LogP contribution in [0.2, 0.25) is 0 Å². The van der Waals surface area contributed by atoms with Crippen molar-refractivity contribution >= 4 is 28.1 Å². The summed E-state index contributed by atoms with van der Waals surface area (Å²) in [5, 5.41) is 3.85. The Bertz CT molecular complexity index is 645. The van der Waals surface area contributed by atoms with Gasteiger partial charge in [-0.1, -0.05) is 15.9 Å². The van der Waals surface area contributed by atoms with E-state index in [0.717, 1.165) is 15.6 Å². The van der Waals surface area contributed by atoms with Crippen LogP contribution in [0.15, 0.2) is 52.3 Å². The van der Waals surface area contributed by atoms with Gasteiger partial charge < -0.3 is 4.74 Å². The van der Waals surface area contributed by atoms with E-state index in [9.17, 15) is 4.79 Å². The standard InChI is InChI=1S/C15H14BrN3O2/c1-11-8-13(2-3-14(11)16)21-10-15(20)19-18-9-12-4-6-17-7-5-12/h2-9H,10H2,1H3,(H,19,20)/b18-9+. The summed E-state index contributed by atoms with van der Waals surface area (Å²) in [6, 6.07) is 9.11. The number of aromatic nitrogens is 1. The van der Waals surface area contributed by atoms with E-state index in [-0.39, 0.29) is 12.5 Å². The number of carbonyl (C=O) groups is 1. The molecular formula is C15H14BrN3O2. The van der Waals surface area contributed by atoms with E-state index in [0.29, 0.717) is 5.75 Å². The molecule has 6 heteroatoms. The Morgan fingerprint density at radius 2 is 2.14 bits per heavy atom. The van der Waals surface area contributed by atoms with E-state index in [4.69, 9.17) is 4.74 Å². The summed E-state index contributed by atoms with van der Waals surface area (Å²) in [5.41, 5.74) is 4.30. The zero-order valence-electron chi connectivity index (χ0n) is 11.4. The number of hydrogen-bond acceptors (Lipinski definition) is 4. The summed E-state index contributed by atoms with van der Waals surface area (Å²) < 4.78 is 6.39. The van der Waals surface area contributed by atoms with Crippen LogP contribution < -0.4 is 10.2 Å². The maximum Gasteiger partial charge on any atom is 0.277 e. The van der Waals surface area contributed by atoms with Crippen LogP contribution in [0.5, 0.6) is 5.75 Å². The highest BCUT2D eigenvalue weighted by molar-refractivity contribution is 9.10. The van der Waals surface area contributed by atoms with Gasteiger partial charge in [0.1, 0.15) is 5.75 Å². The van der Waals surface area contributed by atoms with Crippen molar-refractivity contribution in [2.24, 2.45) is 5.10 Å². The second kappa shape index (κ2) is 7.54. The molecule has 2 rings (SSSR count). The topological polar surface area (TPSA) is 63.6 Å². The molecule has 0 radical (unpaired) electrons. The lowest BCUT2D eigenvalue weighted by atomic mass is 10.2. The van der Waals surface area contributed by atoms with Crippen LogP contribution in [0.4, 0.5) is 0 Å². The number of nitrogens with zero attached hydrogens (tertiary/aromatic N) is 2. The molecule has 1 heterocycles. The van der Waals surface area contributed by atoms with Crippen LogP contribution in [-0.4, -0.2) is 23.7 Å². The second-order valence-electron chi connectivity index (χ2n) is 4.27. The van der Waals surface area contributed by atoms with Crippen molar-refractivity contribution in [3.05, 3.63) is 58.3 Å². The highest BCUT2D eigenvalue weighted by Gasteiger charge is 2.02. The average molecular weight is 348 g/mol. The third-order valence-corrected chi connectivity index (χ3v) is 3.50. The quantitative estimate of drug-likeness (QED) is 0.668. The molecule has 21 heavy (non-hydrogen) atoms. The zero-order valence-corrected chi connectivity index (χ0v) is 13.0. The number of halogens is 1. The molecule has 0 aliphatic rings. The van der Waals surface area contributed by atoms with Gasteiger partial charge in [-0.15, -0.1) is 0 Å². The molecule has 1 aromatic carbocycles. The van der Waals surface area contributed by atoms with Gasteiger partial charge in [0.15, 0.2) is 6.61 Å². The molecule has 0 unspecified atom stereocenters. The fourth-order valence-corrected chi connectivity index (χ4v) is 1.76. The fourth-order valence-electron chi connectivity index (χ4n) is 1.52. The maximum atomic E-state index is 11.6. The molecule has 1 amide bonds. The summed E-state index contributed by atoms with van der Waals surface area (Å²) in [6.07, 6.45) is 4.85. The number of pyridine rings is 1. The second-order valence-corrected chi connectivity index (χ2v) is 5.13. The minimum atomic E-state index is -0.319. The van der Waals surface area contributed by atoms with E-state index in [1.807, 2.05) is 19.1 Å². The largest absolute Gasteiger partial charge is 0.484 e. The fraction of sp³-hybridized carbons (Fsp3) is 0.133. The van der Waals surface area contributed by atoms with Crippen molar-refractivity contribution in [2.75, 3.05) is 6.61 Å². The number of rotatable bonds is 5. The van der Waals surface area contributed by atoms with Crippen molar-refractivity contribution in [3.8, 4) is 5.75 Å². The predicted octanol–water partition coefficient (Wildman–Crippen LogP) is 2.68. The summed E-state index contributed by atoms with van der Waals surface area (Å²) in [4.78, 5) is 15.5. The molecule has 1 N–H and O–H groups in total. The minimum absolute atomic E-state index is 0.0885. The Morgan fingerprint density at radius 1 is 1.38 bits per heavy atom. The van der Waals surface area contributed by atoms with Gasteiger partial charge in [-0.25, -0.2) is 5.43 Å². The lowest BCUT2D eigenvalue weighted by molar-refractivity contribution is -0.123. The van der Waals surface area contributed by atoms with Crippen molar-refractivity contribution in [3.63, 3.8) is 0 Å². The van der Waals surface area contributed by atoms with E-state index in [1.54, 1.807) is 36.8 Å². The van der Waals surface area contributed by atoms with Crippen LogP contribution in [0.1, 0.15) is 11.1 Å². The molecule has 0 atom stereocenters. The first-order chi connectivity index (χ1) is 10.1. The molecule has 0 aliphatic carbocycles. The van der Waals surface area contributed by atoms with Gasteiger partial charge in [-0.3, -0.25) is 9.78 Å². The van der Waals surface area contributed by atoms with Crippen LogP contribution in [0, 0.1) is 6.92 Å². The lowest BCUT2D eigenvalue weighted by Gasteiger charge is -2.06. The van der Waals surface area contributed by atoms with Gasteiger partial charge in [0.05, 0.1) is 6.21 Å². The van der Waals surface area contributed by atoms with E-state index in [2.05, 4.69) is 31.4 Å². The normalized spacial score (nSPS) is 10.6. The van der Waals surface area contributed by atoms with E-state index in [1.165, 1.54) is 0 Å². The maximum absolute atomic E-state index is 11.6. The SMILES string of the molecule is Cc1cc(OCC(=O)N/N=C/c2ccncc2)ccc1Br. The predicted molar refractivity (Wildman–Crippen MR) is 84.3 cm³/mol. The molecule has 0 fully saturated rings. The number of nitrogens with one attached hydrogen (secondary N) is 1. The monoisotopic (exact) mass is 347 g/mol. The Hall–Kier alpha value is -2.21. The first kappa shape index (κ1) is 15.2. The van der Waals surface area contributed by atoms with Gasteiger partial charge in [0.25, 0.3) is 5.91 Å². The number of aryl methyl sites for hydroxylation is 1. The van der Waals surface area contributed by atoms with Gasteiger partial charge in [0, 0.05) is 16.9 Å². The van der Waals surface area contributed by atoms with Crippen LogP contribution in [-0.2, 0) is 4.79 Å². The van der Waals surface area contributed by atoms with Crippen molar-refractivity contribution in [1.82, 2.24) is 10.4 Å². The molecule has 108 valence electrons. The lowest BCUT2D eigenvalue weighted by Crippen LogP contribution is -2.24. The van der Waals surface area contributed by atoms with Crippen LogP contribution in [0.3, 0.4) is 0 Å². The average Bonchev–Trinajstić information content (AvgIpc) is 2.49. The zero-order chi connectivity index (χ0) is 15.1. The van der Waals surface area contributed by atoms with E-state index < -0.39 is 0 Å². The number of carbonyl (C=O) groups excluding carboxylic acids is 1. The van der Waals surface area contributed by atoms with Gasteiger partial charge >= 0.3 is 0 Å². The van der Waals surface area contributed by atoms with Gasteiger partial charge in [0.2, 0.25) is 0 Å². The Kier molecular flexibility index (Phi) is 5.45. The summed E-state index contributed by atoms with van der Waals surface area (Å²) in [7, 11) is 0. The third-order valence-electron chi connectivity index (χ3n) is 2.61. The number of hydrazone groups is 1. The highest BCUT2D eigenvalue weighted by Crippen LogP contribution is 2.21. The summed E-state index contributed by atoms with van der Waals surface area (Å²) in [5.74, 6) is 0.324. The molecule has 2 aromatic rings. The molecule has 0 saturated carbocycles. The van der Waals surface area contributed by atoms with Gasteiger partial charge in [-0.05, 0) is 48.4 Å². The number of hydrogen-bond donors (Lipinski definition) is 1. The Morgan fingerprint density at radius 3 is 2.86 bits per heavy atom. The number of benzene rings is 1. The minimum Gasteiger partial charge on any atom is -0.484 e. The molecule has 1 aromatic heterocycles. The van der Waals surface area contributed by atoms with Crippen molar-refractivity contribution < 1.29 is 9.53 Å². The molecule has 0 aliphatic heterocycles. The summed E-state index contributed by atoms with van der Waals surface area (Å²) in [6.45, 7) is 1.87. The molecule has 0 saturated heterocycles. The Labute approximate surface area is 131 Å². The highest BCUT2D eigenvalue weighted by atomic mass is 79.9. The first-order valence-corrected chi connectivity index (χ1v) is 7.05. The van der Waals surface area contributed by atoms with Crippen molar-refractivity contribution in [1.29, 1.82) is 0 Å². The molecule has 5 nitrogen and oxygen atoms in total. The van der Waals surface area contributed by atoms with Crippen molar-refractivity contribution in [2.45, 2.75) is 6.92 Å². The summed E-state index contributed by atoms with van der Waals surface area (Å²) >= 11 is 3.41. The Balaban J connectivity index is 1.79. The van der Waals surface area contributed by atoms with E-state index >= 15 is 0 Å².